The molecule has 2 heterocycles. The topological polar surface area (TPSA) is 50.1 Å². The maximum Gasteiger partial charge on any atom is 0.0950 e. The lowest BCUT2D eigenvalue weighted by atomic mass is 9.92. The molecule has 1 aromatic rings. The van der Waals surface area contributed by atoms with E-state index in [-0.39, 0.29) is 6.10 Å². The summed E-state index contributed by atoms with van der Waals surface area (Å²) in [5.41, 5.74) is 1.39. The first-order valence-electron chi connectivity index (χ1n) is 6.75. The number of hydrogen-bond acceptors (Lipinski definition) is 3. The molecule has 3 rings (SSSR count). The maximum absolute atomic E-state index is 9.57. The van der Waals surface area contributed by atoms with Gasteiger partial charge in [0, 0.05) is 30.4 Å². The van der Waals surface area contributed by atoms with Crippen molar-refractivity contribution in [2.24, 2.45) is 0 Å². The molecule has 0 amide bonds. The van der Waals surface area contributed by atoms with Crippen molar-refractivity contribution in [3.63, 3.8) is 0 Å². The summed E-state index contributed by atoms with van der Waals surface area (Å²) < 4.78 is 2.36. The van der Waals surface area contributed by atoms with E-state index in [1.54, 1.807) is 0 Å². The predicted octanol–water partition coefficient (Wildman–Crippen LogP) is 1.44. The second-order valence-corrected chi connectivity index (χ2v) is 5.38. The summed E-state index contributed by atoms with van der Waals surface area (Å²) in [6.45, 7) is 2.21. The number of aliphatic hydroxyl groups is 1. The quantitative estimate of drug-likeness (QED) is 0.815. The van der Waals surface area contributed by atoms with Gasteiger partial charge in [-0.15, -0.1) is 0 Å². The van der Waals surface area contributed by atoms with Crippen molar-refractivity contribution in [1.29, 1.82) is 0 Å². The molecule has 17 heavy (non-hydrogen) atoms. The highest BCUT2D eigenvalue weighted by molar-refractivity contribution is 5.10. The molecule has 1 aliphatic carbocycles. The molecule has 2 N–H and O–H groups in total. The van der Waals surface area contributed by atoms with E-state index < -0.39 is 0 Å². The zero-order valence-electron chi connectivity index (χ0n) is 10.2. The van der Waals surface area contributed by atoms with Crippen LogP contribution in [-0.2, 0) is 0 Å². The summed E-state index contributed by atoms with van der Waals surface area (Å²) in [6, 6.07) is 0.552. The average molecular weight is 235 g/mol. The highest BCUT2D eigenvalue weighted by Crippen LogP contribution is 2.32. The lowest BCUT2D eigenvalue weighted by Crippen LogP contribution is -2.23. The van der Waals surface area contributed by atoms with Gasteiger partial charge in [0.15, 0.2) is 0 Å². The molecule has 1 saturated heterocycles. The number of nitrogens with zero attached hydrogens (tertiary/aromatic N) is 2. The van der Waals surface area contributed by atoms with E-state index in [9.17, 15) is 5.11 Å². The van der Waals surface area contributed by atoms with E-state index in [1.807, 2.05) is 12.5 Å². The Labute approximate surface area is 102 Å². The van der Waals surface area contributed by atoms with Gasteiger partial charge in [-0.25, -0.2) is 4.98 Å². The minimum Gasteiger partial charge on any atom is -0.393 e. The number of nitrogens with one attached hydrogen (secondary N) is 1. The molecule has 2 fully saturated rings. The van der Waals surface area contributed by atoms with Crippen LogP contribution in [0, 0.1) is 0 Å². The van der Waals surface area contributed by atoms with Gasteiger partial charge in [0.1, 0.15) is 0 Å². The van der Waals surface area contributed by atoms with Crippen molar-refractivity contribution in [1.82, 2.24) is 14.9 Å². The zero-order chi connectivity index (χ0) is 11.7. The Bertz CT molecular complexity index is 362. The average Bonchev–Trinajstić information content (AvgIpc) is 3.00. The van der Waals surface area contributed by atoms with E-state index in [1.165, 1.54) is 12.1 Å². The van der Waals surface area contributed by atoms with Crippen LogP contribution < -0.4 is 5.32 Å². The molecule has 1 atom stereocenters. The third kappa shape index (κ3) is 2.24. The van der Waals surface area contributed by atoms with Crippen LogP contribution in [0.15, 0.2) is 12.5 Å². The fourth-order valence-corrected chi connectivity index (χ4v) is 3.18. The summed E-state index contributed by atoms with van der Waals surface area (Å²) in [5, 5.41) is 13.0. The van der Waals surface area contributed by atoms with Crippen LogP contribution in [0.25, 0.3) is 0 Å². The molecule has 0 radical (unpaired) electrons. The van der Waals surface area contributed by atoms with Crippen molar-refractivity contribution in [3.05, 3.63) is 18.2 Å². The molecule has 94 valence electrons. The molecular weight excluding hydrogens is 214 g/mol. The summed E-state index contributed by atoms with van der Waals surface area (Å²) in [4.78, 5) is 4.33. The van der Waals surface area contributed by atoms with Gasteiger partial charge in [-0.3, -0.25) is 0 Å². The molecule has 0 bridgehead atoms. The van der Waals surface area contributed by atoms with E-state index in [0.717, 1.165) is 38.8 Å². The van der Waals surface area contributed by atoms with E-state index in [4.69, 9.17) is 0 Å². The van der Waals surface area contributed by atoms with Crippen LogP contribution in [0.1, 0.15) is 49.8 Å². The first-order chi connectivity index (χ1) is 8.34. The lowest BCUT2D eigenvalue weighted by Gasteiger charge is -2.28. The van der Waals surface area contributed by atoms with Crippen LogP contribution in [0.5, 0.6) is 0 Å². The van der Waals surface area contributed by atoms with Gasteiger partial charge >= 0.3 is 0 Å². The van der Waals surface area contributed by atoms with Crippen molar-refractivity contribution in [3.8, 4) is 0 Å². The molecule has 1 aromatic heterocycles. The second kappa shape index (κ2) is 4.78. The Kier molecular flexibility index (Phi) is 3.16. The highest BCUT2D eigenvalue weighted by Gasteiger charge is 2.26. The predicted molar refractivity (Wildman–Crippen MR) is 66.0 cm³/mol. The standard InChI is InChI=1S/C13H21N3O/c17-12-3-1-11(2-4-12)16-9-15-8-13(16)10-5-6-14-7-10/h8-12,14,17H,1-7H2. The number of aromatic nitrogens is 2. The second-order valence-electron chi connectivity index (χ2n) is 5.38. The minimum atomic E-state index is -0.0774. The Morgan fingerprint density at radius 3 is 2.76 bits per heavy atom. The largest absolute Gasteiger partial charge is 0.393 e. The fourth-order valence-electron chi connectivity index (χ4n) is 3.18. The fraction of sp³-hybridized carbons (Fsp3) is 0.769. The highest BCUT2D eigenvalue weighted by atomic mass is 16.3. The first-order valence-corrected chi connectivity index (χ1v) is 6.75. The van der Waals surface area contributed by atoms with E-state index in [2.05, 4.69) is 14.9 Å². The van der Waals surface area contributed by atoms with Crippen LogP contribution in [-0.4, -0.2) is 33.9 Å². The molecule has 2 aliphatic rings. The summed E-state index contributed by atoms with van der Waals surface area (Å²) in [5.74, 6) is 0.629. The number of aliphatic hydroxyl groups excluding tert-OH is 1. The third-order valence-electron chi connectivity index (χ3n) is 4.23. The molecular formula is C13H21N3O. The van der Waals surface area contributed by atoms with Crippen LogP contribution >= 0.6 is 0 Å². The zero-order valence-corrected chi connectivity index (χ0v) is 10.2. The molecule has 1 aliphatic heterocycles. The van der Waals surface area contributed by atoms with Crippen LogP contribution in [0.3, 0.4) is 0 Å². The molecule has 4 nitrogen and oxygen atoms in total. The third-order valence-corrected chi connectivity index (χ3v) is 4.23. The summed E-state index contributed by atoms with van der Waals surface area (Å²) >= 11 is 0. The molecule has 1 saturated carbocycles. The van der Waals surface area contributed by atoms with Crippen molar-refractivity contribution < 1.29 is 5.11 Å². The van der Waals surface area contributed by atoms with Crippen LogP contribution in [0.4, 0.5) is 0 Å². The maximum atomic E-state index is 9.57. The van der Waals surface area contributed by atoms with Gasteiger partial charge < -0.3 is 15.0 Å². The number of rotatable bonds is 2. The normalized spacial score (nSPS) is 34.1. The molecule has 0 aromatic carbocycles. The van der Waals surface area contributed by atoms with E-state index in [0.29, 0.717) is 12.0 Å². The van der Waals surface area contributed by atoms with Crippen LogP contribution in [0.2, 0.25) is 0 Å². The van der Waals surface area contributed by atoms with E-state index >= 15 is 0 Å². The Morgan fingerprint density at radius 1 is 1.24 bits per heavy atom. The SMILES string of the molecule is OC1CCC(n2cncc2C2CCNC2)CC1. The van der Waals surface area contributed by atoms with Crippen molar-refractivity contribution in [2.75, 3.05) is 13.1 Å². The van der Waals surface area contributed by atoms with Gasteiger partial charge in [0.2, 0.25) is 0 Å². The lowest BCUT2D eigenvalue weighted by molar-refractivity contribution is 0.110. The minimum absolute atomic E-state index is 0.0774. The van der Waals surface area contributed by atoms with Gasteiger partial charge in [-0.2, -0.15) is 0 Å². The van der Waals surface area contributed by atoms with Gasteiger partial charge in [0.05, 0.1) is 12.4 Å². The molecule has 0 spiro atoms. The number of hydrogen-bond donors (Lipinski definition) is 2. The first kappa shape index (κ1) is 11.2. The molecule has 1 unspecified atom stereocenters. The summed E-state index contributed by atoms with van der Waals surface area (Å²) in [6.07, 6.45) is 9.21. The van der Waals surface area contributed by atoms with Gasteiger partial charge in [-0.05, 0) is 38.6 Å². The summed E-state index contributed by atoms with van der Waals surface area (Å²) in [7, 11) is 0. The van der Waals surface area contributed by atoms with Crippen molar-refractivity contribution >= 4 is 0 Å². The van der Waals surface area contributed by atoms with Gasteiger partial charge in [-0.1, -0.05) is 0 Å². The molecule has 4 heteroatoms. The van der Waals surface area contributed by atoms with Gasteiger partial charge in [0.25, 0.3) is 0 Å². The van der Waals surface area contributed by atoms with Crippen molar-refractivity contribution in [2.45, 2.75) is 50.2 Å². The smallest absolute Gasteiger partial charge is 0.0950 e. The Morgan fingerprint density at radius 2 is 2.06 bits per heavy atom. The number of imidazole rings is 1. The Balaban J connectivity index is 1.76. The monoisotopic (exact) mass is 235 g/mol. The Hall–Kier alpha value is -0.870.